The molecule has 0 spiro atoms. The van der Waals surface area contributed by atoms with E-state index in [0.717, 1.165) is 17.4 Å². The minimum Gasteiger partial charge on any atom is -0.494 e. The molecule has 1 aromatic heterocycles. The van der Waals surface area contributed by atoms with Crippen LogP contribution in [0.5, 0.6) is 5.75 Å². The average Bonchev–Trinajstić information content (AvgIpc) is 2.94. The Kier molecular flexibility index (Phi) is 4.81. The number of amides is 1. The molecule has 0 atom stereocenters. The van der Waals surface area contributed by atoms with Gasteiger partial charge in [-0.3, -0.25) is 9.59 Å². The summed E-state index contributed by atoms with van der Waals surface area (Å²) >= 11 is 0.744. The molecule has 2 heterocycles. The van der Waals surface area contributed by atoms with Gasteiger partial charge in [-0.2, -0.15) is 13.2 Å². The van der Waals surface area contributed by atoms with Gasteiger partial charge in [0.15, 0.2) is 0 Å². The van der Waals surface area contributed by atoms with E-state index >= 15 is 0 Å². The van der Waals surface area contributed by atoms with Crippen LogP contribution in [0.15, 0.2) is 18.2 Å². The largest absolute Gasteiger partial charge is 0.494 e. The Bertz CT molecular complexity index is 903. The quantitative estimate of drug-likeness (QED) is 0.796. The number of ether oxygens (including phenoxy) is 2. The van der Waals surface area contributed by atoms with Crippen LogP contribution in [0.1, 0.15) is 22.2 Å². The number of hydrogen-bond donors (Lipinski definition) is 1. The second-order valence-electron chi connectivity index (χ2n) is 6.45. The molecule has 6 nitrogen and oxygen atoms in total. The van der Waals surface area contributed by atoms with E-state index in [1.807, 2.05) is 0 Å². The third kappa shape index (κ3) is 3.59. The minimum atomic E-state index is -4.54. The summed E-state index contributed by atoms with van der Waals surface area (Å²) in [5.74, 6) is -0.832. The van der Waals surface area contributed by atoms with Crippen molar-refractivity contribution in [2.75, 3.05) is 26.8 Å². The average molecular weight is 402 g/mol. The molecule has 2 N–H and O–H groups in total. The van der Waals surface area contributed by atoms with Crippen LogP contribution in [0, 0.1) is 0 Å². The van der Waals surface area contributed by atoms with Gasteiger partial charge in [0.05, 0.1) is 22.9 Å². The Labute approximate surface area is 156 Å². The van der Waals surface area contributed by atoms with Gasteiger partial charge in [0, 0.05) is 25.4 Å². The monoisotopic (exact) mass is 402 g/mol. The number of rotatable bonds is 4. The number of likely N-dealkylation sites (tertiary alicyclic amines) is 1. The van der Waals surface area contributed by atoms with Crippen LogP contribution in [-0.2, 0) is 15.7 Å². The summed E-state index contributed by atoms with van der Waals surface area (Å²) < 4.78 is 49.9. The highest BCUT2D eigenvalue weighted by molar-refractivity contribution is 7.21. The highest BCUT2D eigenvalue weighted by atomic mass is 32.1. The summed E-state index contributed by atoms with van der Waals surface area (Å²) in [4.78, 5) is 25.1. The van der Waals surface area contributed by atoms with Crippen molar-refractivity contribution in [1.29, 1.82) is 0 Å². The van der Waals surface area contributed by atoms with E-state index in [-0.39, 0.29) is 40.4 Å². The van der Waals surface area contributed by atoms with Gasteiger partial charge in [-0.05, 0) is 12.1 Å². The SMILES string of the molecule is COc1c(C(=O)N2CC(N)(COC(C)=O)C2)sc2c(C(F)(F)F)cccc12. The van der Waals surface area contributed by atoms with Crippen LogP contribution in [0.25, 0.3) is 10.1 Å². The number of esters is 1. The van der Waals surface area contributed by atoms with Crippen LogP contribution in [0.4, 0.5) is 13.2 Å². The number of thiophene rings is 1. The molecule has 0 bridgehead atoms. The first-order valence-electron chi connectivity index (χ1n) is 7.94. The highest BCUT2D eigenvalue weighted by Crippen LogP contribution is 2.45. The first-order chi connectivity index (χ1) is 12.6. The number of carbonyl (C=O) groups excluding carboxylic acids is 2. The Morgan fingerprint density at radius 2 is 2.00 bits per heavy atom. The molecule has 1 aliphatic rings. The van der Waals surface area contributed by atoms with Crippen LogP contribution in [0.2, 0.25) is 0 Å². The van der Waals surface area contributed by atoms with E-state index in [1.165, 1.54) is 31.1 Å². The van der Waals surface area contributed by atoms with Crippen molar-refractivity contribution < 1.29 is 32.2 Å². The molecule has 27 heavy (non-hydrogen) atoms. The van der Waals surface area contributed by atoms with Gasteiger partial charge in [0.25, 0.3) is 5.91 Å². The van der Waals surface area contributed by atoms with Gasteiger partial charge in [-0.15, -0.1) is 11.3 Å². The van der Waals surface area contributed by atoms with Crippen LogP contribution in [-0.4, -0.2) is 49.1 Å². The Morgan fingerprint density at radius 1 is 1.33 bits per heavy atom. The highest BCUT2D eigenvalue weighted by Gasteiger charge is 2.44. The summed E-state index contributed by atoms with van der Waals surface area (Å²) in [5, 5.41) is 0.236. The molecule has 1 amide bonds. The Balaban J connectivity index is 1.89. The van der Waals surface area contributed by atoms with E-state index in [9.17, 15) is 22.8 Å². The fourth-order valence-electron chi connectivity index (χ4n) is 3.00. The molecule has 0 aliphatic carbocycles. The summed E-state index contributed by atoms with van der Waals surface area (Å²) in [6, 6.07) is 3.74. The number of alkyl halides is 3. The normalized spacial score (nSPS) is 16.1. The zero-order valence-corrected chi connectivity index (χ0v) is 15.4. The predicted octanol–water partition coefficient (Wildman–Crippen LogP) is 2.65. The maximum Gasteiger partial charge on any atom is 0.417 e. The second-order valence-corrected chi connectivity index (χ2v) is 7.47. The fraction of sp³-hybridized carbons (Fsp3) is 0.412. The zero-order chi connectivity index (χ0) is 20.0. The maximum atomic E-state index is 13.3. The summed E-state index contributed by atoms with van der Waals surface area (Å²) in [6.07, 6.45) is -4.54. The second kappa shape index (κ2) is 6.68. The van der Waals surface area contributed by atoms with E-state index in [2.05, 4.69) is 0 Å². The van der Waals surface area contributed by atoms with E-state index in [0.29, 0.717) is 0 Å². The van der Waals surface area contributed by atoms with Crippen molar-refractivity contribution in [1.82, 2.24) is 4.90 Å². The van der Waals surface area contributed by atoms with Crippen molar-refractivity contribution in [3.05, 3.63) is 28.6 Å². The lowest BCUT2D eigenvalue weighted by Gasteiger charge is -2.46. The van der Waals surface area contributed by atoms with Gasteiger partial charge in [-0.1, -0.05) is 6.07 Å². The number of halogens is 3. The smallest absolute Gasteiger partial charge is 0.417 e. The van der Waals surface area contributed by atoms with Crippen LogP contribution < -0.4 is 10.5 Å². The molecule has 10 heteroatoms. The lowest BCUT2D eigenvalue weighted by Crippen LogP contribution is -2.70. The van der Waals surface area contributed by atoms with E-state index in [1.54, 1.807) is 0 Å². The van der Waals surface area contributed by atoms with Crippen molar-refractivity contribution in [2.24, 2.45) is 5.73 Å². The van der Waals surface area contributed by atoms with Crippen LogP contribution in [0.3, 0.4) is 0 Å². The Hall–Kier alpha value is -2.33. The van der Waals surface area contributed by atoms with Gasteiger partial charge in [0.2, 0.25) is 0 Å². The van der Waals surface area contributed by atoms with Crippen LogP contribution >= 0.6 is 11.3 Å². The molecular weight excluding hydrogens is 385 g/mol. The number of methoxy groups -OCH3 is 1. The van der Waals surface area contributed by atoms with Crippen molar-refractivity contribution in [3.63, 3.8) is 0 Å². The number of nitrogens with zero attached hydrogens (tertiary/aromatic N) is 1. The molecule has 1 aliphatic heterocycles. The zero-order valence-electron chi connectivity index (χ0n) is 14.6. The third-order valence-corrected chi connectivity index (χ3v) is 5.44. The molecule has 1 aromatic carbocycles. The van der Waals surface area contributed by atoms with Crippen molar-refractivity contribution in [2.45, 2.75) is 18.6 Å². The fourth-order valence-corrected chi connectivity index (χ4v) is 4.27. The van der Waals surface area contributed by atoms with Gasteiger partial charge in [-0.25, -0.2) is 0 Å². The number of fused-ring (bicyclic) bond motifs is 1. The summed E-state index contributed by atoms with van der Waals surface area (Å²) in [5.41, 5.74) is 4.37. The lowest BCUT2D eigenvalue weighted by atomic mass is 9.92. The van der Waals surface area contributed by atoms with Gasteiger partial charge >= 0.3 is 12.1 Å². The molecule has 1 fully saturated rings. The molecule has 0 radical (unpaired) electrons. The van der Waals surface area contributed by atoms with E-state index < -0.39 is 29.2 Å². The molecule has 2 aromatic rings. The summed E-state index contributed by atoms with van der Waals surface area (Å²) in [7, 11) is 1.31. The summed E-state index contributed by atoms with van der Waals surface area (Å²) in [6.45, 7) is 1.48. The molecule has 0 saturated carbocycles. The standard InChI is InChI=1S/C17H17F3N2O4S/c1-9(23)26-8-16(21)6-22(7-16)15(24)14-12(25-2)10-4-3-5-11(13(10)27-14)17(18,19)20/h3-5H,6-8,21H2,1-2H3. The van der Waals surface area contributed by atoms with Crippen molar-refractivity contribution >= 4 is 33.3 Å². The van der Waals surface area contributed by atoms with Gasteiger partial charge in [0.1, 0.15) is 17.2 Å². The number of nitrogens with two attached hydrogens (primary N) is 1. The van der Waals surface area contributed by atoms with E-state index in [4.69, 9.17) is 15.2 Å². The topological polar surface area (TPSA) is 81.9 Å². The number of hydrogen-bond acceptors (Lipinski definition) is 6. The first-order valence-corrected chi connectivity index (χ1v) is 8.75. The number of carbonyl (C=O) groups is 2. The maximum absolute atomic E-state index is 13.3. The first kappa shape index (κ1) is 19.4. The van der Waals surface area contributed by atoms with Gasteiger partial charge < -0.3 is 20.1 Å². The molecule has 3 rings (SSSR count). The Morgan fingerprint density at radius 3 is 2.56 bits per heavy atom. The molecule has 0 unspecified atom stereocenters. The lowest BCUT2D eigenvalue weighted by molar-refractivity contribution is -0.144. The molecular formula is C17H17F3N2O4S. The molecule has 146 valence electrons. The van der Waals surface area contributed by atoms with Crippen molar-refractivity contribution in [3.8, 4) is 5.75 Å². The number of benzene rings is 1. The third-order valence-electron chi connectivity index (χ3n) is 4.24. The predicted molar refractivity (Wildman–Crippen MR) is 92.8 cm³/mol. The minimum absolute atomic E-state index is 0.0338. The molecule has 1 saturated heterocycles.